The third-order valence-corrected chi connectivity index (χ3v) is 0.341. The highest BCUT2D eigenvalue weighted by Gasteiger charge is 1.68. The Morgan fingerprint density at radius 1 is 1.38 bits per heavy atom. The number of nitrogens with zero attached hydrogens (tertiary/aromatic N) is 1. The monoisotopic (exact) mass is 117 g/mol. The first-order valence-electron chi connectivity index (χ1n) is 2.82. The van der Waals surface area contributed by atoms with Crippen LogP contribution in [0, 0.1) is 0 Å². The highest BCUT2D eigenvalue weighted by Crippen LogP contribution is 1.58. The van der Waals surface area contributed by atoms with Gasteiger partial charge in [0, 0.05) is 6.54 Å². The van der Waals surface area contributed by atoms with E-state index in [1.54, 1.807) is 0 Å². The van der Waals surface area contributed by atoms with Crippen LogP contribution in [0.3, 0.4) is 0 Å². The maximum Gasteiger partial charge on any atom is 0.185 e. The first-order chi connectivity index (χ1) is 3.77. The first-order valence-corrected chi connectivity index (χ1v) is 2.82. The molecular weight excluding hydrogens is 102 g/mol. The molecule has 0 aliphatic heterocycles. The largest absolute Gasteiger partial charge is 0.370 e. The van der Waals surface area contributed by atoms with Gasteiger partial charge in [-0.2, -0.15) is 0 Å². The van der Waals surface area contributed by atoms with Gasteiger partial charge in [-0.1, -0.05) is 13.8 Å². The second kappa shape index (κ2) is 9.55. The van der Waals surface area contributed by atoms with Gasteiger partial charge < -0.3 is 11.5 Å². The lowest BCUT2D eigenvalue weighted by atomic mass is 10.8. The zero-order chi connectivity index (χ0) is 6.99. The maximum absolute atomic E-state index is 4.93. The van der Waals surface area contributed by atoms with Crippen molar-refractivity contribution in [3.63, 3.8) is 0 Å². The Morgan fingerprint density at radius 3 is 1.75 bits per heavy atom. The van der Waals surface area contributed by atoms with Crippen molar-refractivity contribution in [1.82, 2.24) is 0 Å². The van der Waals surface area contributed by atoms with E-state index in [1.807, 2.05) is 20.8 Å². The highest BCUT2D eigenvalue weighted by molar-refractivity contribution is 5.75. The lowest BCUT2D eigenvalue weighted by molar-refractivity contribution is 1.11. The van der Waals surface area contributed by atoms with E-state index in [-0.39, 0.29) is 5.96 Å². The van der Waals surface area contributed by atoms with Crippen molar-refractivity contribution in [3.05, 3.63) is 0 Å². The van der Waals surface area contributed by atoms with E-state index in [2.05, 4.69) is 4.99 Å². The van der Waals surface area contributed by atoms with E-state index in [0.717, 1.165) is 0 Å². The number of hydrogen-bond donors (Lipinski definition) is 2. The molecule has 0 fully saturated rings. The van der Waals surface area contributed by atoms with E-state index < -0.39 is 0 Å². The lowest BCUT2D eigenvalue weighted by Crippen LogP contribution is -2.22. The van der Waals surface area contributed by atoms with Gasteiger partial charge in [-0.15, -0.1) is 0 Å². The number of nitrogens with two attached hydrogens (primary N) is 2. The SMILES string of the molecule is CC.CCN=C(N)N. The molecular formula is C5H15N3. The summed E-state index contributed by atoms with van der Waals surface area (Å²) in [5, 5.41) is 0. The molecule has 0 aromatic carbocycles. The molecule has 0 amide bonds. The zero-order valence-electron chi connectivity index (χ0n) is 5.81. The fourth-order valence-electron chi connectivity index (χ4n) is 0.183. The summed E-state index contributed by atoms with van der Waals surface area (Å²) in [4.78, 5) is 3.60. The molecule has 0 rings (SSSR count). The first kappa shape index (κ1) is 10.3. The molecule has 0 saturated carbocycles. The minimum atomic E-state index is 0.164. The molecule has 50 valence electrons. The van der Waals surface area contributed by atoms with Crippen LogP contribution in [-0.4, -0.2) is 12.5 Å². The minimum Gasteiger partial charge on any atom is -0.370 e. The maximum atomic E-state index is 4.93. The lowest BCUT2D eigenvalue weighted by Gasteiger charge is -1.82. The Hall–Kier alpha value is -0.730. The van der Waals surface area contributed by atoms with Gasteiger partial charge in [0.1, 0.15) is 0 Å². The third kappa shape index (κ3) is 18.6. The average Bonchev–Trinajstić information content (AvgIpc) is 1.72. The standard InChI is InChI=1S/C3H9N3.C2H6/c1-2-6-3(4)5;1-2/h2H2,1H3,(H4,4,5,6);1-2H3. The highest BCUT2D eigenvalue weighted by atomic mass is 15.0. The van der Waals surface area contributed by atoms with E-state index in [9.17, 15) is 0 Å². The van der Waals surface area contributed by atoms with Crippen molar-refractivity contribution in [1.29, 1.82) is 0 Å². The molecule has 0 heterocycles. The number of hydrogen-bond acceptors (Lipinski definition) is 1. The van der Waals surface area contributed by atoms with Gasteiger partial charge in [-0.05, 0) is 6.92 Å². The van der Waals surface area contributed by atoms with Crippen LogP contribution in [0.2, 0.25) is 0 Å². The average molecular weight is 117 g/mol. The normalized spacial score (nSPS) is 6.38. The number of rotatable bonds is 1. The molecule has 8 heavy (non-hydrogen) atoms. The molecule has 4 N–H and O–H groups in total. The Labute approximate surface area is 50.8 Å². The smallest absolute Gasteiger partial charge is 0.185 e. The van der Waals surface area contributed by atoms with Gasteiger partial charge in [-0.25, -0.2) is 0 Å². The summed E-state index contributed by atoms with van der Waals surface area (Å²) in [6, 6.07) is 0. The van der Waals surface area contributed by atoms with Crippen molar-refractivity contribution in [2.75, 3.05) is 6.54 Å². The molecule has 0 radical (unpaired) electrons. The summed E-state index contributed by atoms with van der Waals surface area (Å²) in [6.45, 7) is 6.54. The van der Waals surface area contributed by atoms with Crippen LogP contribution in [0.5, 0.6) is 0 Å². The molecule has 0 saturated heterocycles. The summed E-state index contributed by atoms with van der Waals surface area (Å²) >= 11 is 0. The minimum absolute atomic E-state index is 0.164. The predicted octanol–water partition coefficient (Wildman–Crippen LogP) is 0.306. The van der Waals surface area contributed by atoms with Crippen LogP contribution in [0.25, 0.3) is 0 Å². The second-order valence-corrected chi connectivity index (χ2v) is 0.899. The number of guanidine groups is 1. The fourth-order valence-corrected chi connectivity index (χ4v) is 0.183. The predicted molar refractivity (Wildman–Crippen MR) is 37.7 cm³/mol. The van der Waals surface area contributed by atoms with Gasteiger partial charge in [0.25, 0.3) is 0 Å². The quantitative estimate of drug-likeness (QED) is 0.383. The Morgan fingerprint density at radius 2 is 1.75 bits per heavy atom. The molecule has 0 spiro atoms. The second-order valence-electron chi connectivity index (χ2n) is 0.899. The Kier molecular flexibility index (Phi) is 12.3. The molecule has 0 bridgehead atoms. The van der Waals surface area contributed by atoms with Crippen molar-refractivity contribution in [3.8, 4) is 0 Å². The van der Waals surface area contributed by atoms with Crippen molar-refractivity contribution >= 4 is 5.96 Å². The van der Waals surface area contributed by atoms with Crippen LogP contribution >= 0.6 is 0 Å². The van der Waals surface area contributed by atoms with E-state index >= 15 is 0 Å². The van der Waals surface area contributed by atoms with E-state index in [4.69, 9.17) is 11.5 Å². The van der Waals surface area contributed by atoms with Crippen LogP contribution in [0.1, 0.15) is 20.8 Å². The molecule has 0 aromatic rings. The summed E-state index contributed by atoms with van der Waals surface area (Å²) in [5.74, 6) is 0.164. The summed E-state index contributed by atoms with van der Waals surface area (Å²) in [6.07, 6.45) is 0. The van der Waals surface area contributed by atoms with Crippen LogP contribution in [-0.2, 0) is 0 Å². The molecule has 3 heteroatoms. The van der Waals surface area contributed by atoms with Crippen molar-refractivity contribution < 1.29 is 0 Å². The summed E-state index contributed by atoms with van der Waals surface area (Å²) in [7, 11) is 0. The number of aliphatic imine (C=N–C) groups is 1. The molecule has 0 aliphatic rings. The van der Waals surface area contributed by atoms with Crippen LogP contribution < -0.4 is 11.5 Å². The molecule has 3 nitrogen and oxygen atoms in total. The third-order valence-electron chi connectivity index (χ3n) is 0.341. The van der Waals surface area contributed by atoms with E-state index in [0.29, 0.717) is 6.54 Å². The molecule has 0 aliphatic carbocycles. The summed E-state index contributed by atoms with van der Waals surface area (Å²) in [5.41, 5.74) is 9.86. The topological polar surface area (TPSA) is 64.4 Å². The summed E-state index contributed by atoms with van der Waals surface area (Å²) < 4.78 is 0. The fraction of sp³-hybridized carbons (Fsp3) is 0.800. The van der Waals surface area contributed by atoms with Gasteiger partial charge in [0.05, 0.1) is 0 Å². The Bertz CT molecular complexity index is 54.7. The molecule has 0 unspecified atom stereocenters. The molecule has 0 atom stereocenters. The van der Waals surface area contributed by atoms with Crippen molar-refractivity contribution in [2.24, 2.45) is 16.5 Å². The molecule has 0 aromatic heterocycles. The van der Waals surface area contributed by atoms with Gasteiger partial charge in [0.15, 0.2) is 5.96 Å². The van der Waals surface area contributed by atoms with Crippen LogP contribution in [0.15, 0.2) is 4.99 Å². The van der Waals surface area contributed by atoms with E-state index in [1.165, 1.54) is 0 Å². The Balaban J connectivity index is 0. The van der Waals surface area contributed by atoms with Crippen molar-refractivity contribution in [2.45, 2.75) is 20.8 Å². The van der Waals surface area contributed by atoms with Gasteiger partial charge in [-0.3, -0.25) is 4.99 Å². The van der Waals surface area contributed by atoms with Crippen LogP contribution in [0.4, 0.5) is 0 Å². The van der Waals surface area contributed by atoms with Gasteiger partial charge >= 0.3 is 0 Å². The zero-order valence-corrected chi connectivity index (χ0v) is 5.81. The van der Waals surface area contributed by atoms with Gasteiger partial charge in [0.2, 0.25) is 0 Å².